The van der Waals surface area contributed by atoms with E-state index < -0.39 is 11.9 Å². The van der Waals surface area contributed by atoms with E-state index in [2.05, 4.69) is 0 Å². The summed E-state index contributed by atoms with van der Waals surface area (Å²) in [5, 5.41) is 8.51. The van der Waals surface area contributed by atoms with Crippen molar-refractivity contribution in [2.45, 2.75) is 13.8 Å². The van der Waals surface area contributed by atoms with Crippen molar-refractivity contribution in [3.63, 3.8) is 0 Å². The highest BCUT2D eigenvalue weighted by Gasteiger charge is 2.04. The summed E-state index contributed by atoms with van der Waals surface area (Å²) < 4.78 is 4.98. The first-order valence-electron chi connectivity index (χ1n) is 4.69. The first kappa shape index (κ1) is 12.0. The molecule has 0 amide bonds. The molecule has 0 aliphatic carbocycles. The molecule has 0 aliphatic heterocycles. The molecule has 0 saturated heterocycles. The predicted molar refractivity (Wildman–Crippen MR) is 59.2 cm³/mol. The van der Waals surface area contributed by atoms with Crippen LogP contribution in [0.25, 0.3) is 6.08 Å². The summed E-state index contributed by atoms with van der Waals surface area (Å²) >= 11 is 0. The summed E-state index contributed by atoms with van der Waals surface area (Å²) in [5.74, 6) is -1.12. The average Bonchev–Trinajstić information content (AvgIpc) is 2.15. The van der Waals surface area contributed by atoms with Crippen LogP contribution in [0.5, 0.6) is 5.75 Å². The Hall–Kier alpha value is -2.10. The minimum atomic E-state index is -1.05. The zero-order valence-corrected chi connectivity index (χ0v) is 9.06. The fraction of sp³-hybridized carbons (Fsp3) is 0.167. The van der Waals surface area contributed by atoms with E-state index in [1.54, 1.807) is 12.1 Å². The molecule has 0 aliphatic rings. The van der Waals surface area contributed by atoms with Crippen LogP contribution in [-0.4, -0.2) is 17.0 Å². The van der Waals surface area contributed by atoms with Gasteiger partial charge in [-0.3, -0.25) is 4.79 Å². The summed E-state index contributed by atoms with van der Waals surface area (Å²) in [6.45, 7) is 3.16. The first-order chi connectivity index (χ1) is 7.49. The molecule has 16 heavy (non-hydrogen) atoms. The Morgan fingerprint density at radius 3 is 2.62 bits per heavy atom. The van der Waals surface area contributed by atoms with E-state index in [1.807, 2.05) is 13.0 Å². The van der Waals surface area contributed by atoms with Crippen LogP contribution in [0, 0.1) is 6.92 Å². The molecule has 0 bridgehead atoms. The Balaban J connectivity index is 3.06. The molecule has 1 aromatic carbocycles. The number of aryl methyl sites for hydroxylation is 1. The number of benzene rings is 1. The maximum absolute atomic E-state index is 10.9. The van der Waals surface area contributed by atoms with E-state index in [-0.39, 0.29) is 0 Å². The van der Waals surface area contributed by atoms with E-state index in [9.17, 15) is 9.59 Å². The molecular weight excluding hydrogens is 208 g/mol. The SMILES string of the molecule is CC(=O)Oc1cc(C)ccc1/C=C\C(=O)O. The minimum absolute atomic E-state index is 0.366. The van der Waals surface area contributed by atoms with E-state index in [1.165, 1.54) is 13.0 Å². The van der Waals surface area contributed by atoms with Crippen molar-refractivity contribution in [1.29, 1.82) is 0 Å². The quantitative estimate of drug-likeness (QED) is 0.481. The van der Waals surface area contributed by atoms with Gasteiger partial charge in [-0.1, -0.05) is 12.1 Å². The van der Waals surface area contributed by atoms with Crippen molar-refractivity contribution in [3.05, 3.63) is 35.4 Å². The predicted octanol–water partition coefficient (Wildman–Crippen LogP) is 2.02. The smallest absolute Gasteiger partial charge is 0.328 e. The molecule has 4 nitrogen and oxygen atoms in total. The normalized spacial score (nSPS) is 10.4. The lowest BCUT2D eigenvalue weighted by Gasteiger charge is -2.06. The van der Waals surface area contributed by atoms with Gasteiger partial charge in [-0.2, -0.15) is 0 Å². The van der Waals surface area contributed by atoms with Crippen molar-refractivity contribution in [2.24, 2.45) is 0 Å². The van der Waals surface area contributed by atoms with Crippen LogP contribution < -0.4 is 4.74 Å². The van der Waals surface area contributed by atoms with Crippen molar-refractivity contribution >= 4 is 18.0 Å². The fourth-order valence-electron chi connectivity index (χ4n) is 1.18. The monoisotopic (exact) mass is 220 g/mol. The number of aliphatic carboxylic acids is 1. The van der Waals surface area contributed by atoms with Crippen LogP contribution >= 0.6 is 0 Å². The molecular formula is C12H12O4. The number of esters is 1. The lowest BCUT2D eigenvalue weighted by atomic mass is 10.1. The number of carboxylic acid groups (broad SMARTS) is 1. The third-order valence-corrected chi connectivity index (χ3v) is 1.83. The third-order valence-electron chi connectivity index (χ3n) is 1.83. The van der Waals surface area contributed by atoms with Gasteiger partial charge >= 0.3 is 11.9 Å². The van der Waals surface area contributed by atoms with Gasteiger partial charge in [0.1, 0.15) is 5.75 Å². The van der Waals surface area contributed by atoms with Crippen molar-refractivity contribution in [2.75, 3.05) is 0 Å². The second kappa shape index (κ2) is 5.11. The number of carbonyl (C=O) groups is 2. The number of carbonyl (C=O) groups excluding carboxylic acids is 1. The fourth-order valence-corrected chi connectivity index (χ4v) is 1.18. The summed E-state index contributed by atoms with van der Waals surface area (Å²) in [5.41, 5.74) is 1.49. The lowest BCUT2D eigenvalue weighted by molar-refractivity contribution is -0.132. The molecule has 1 N–H and O–H groups in total. The van der Waals surface area contributed by atoms with E-state index in [4.69, 9.17) is 9.84 Å². The van der Waals surface area contributed by atoms with Gasteiger partial charge in [-0.15, -0.1) is 0 Å². The van der Waals surface area contributed by atoms with Gasteiger partial charge < -0.3 is 9.84 Å². The van der Waals surface area contributed by atoms with Crippen molar-refractivity contribution in [1.82, 2.24) is 0 Å². The maximum atomic E-state index is 10.9. The summed E-state index contributed by atoms with van der Waals surface area (Å²) in [7, 11) is 0. The Morgan fingerprint density at radius 1 is 1.38 bits per heavy atom. The third kappa shape index (κ3) is 3.57. The van der Waals surface area contributed by atoms with E-state index >= 15 is 0 Å². The number of carboxylic acids is 1. The average molecular weight is 220 g/mol. The second-order valence-electron chi connectivity index (χ2n) is 3.31. The molecule has 0 unspecified atom stereocenters. The van der Waals surface area contributed by atoms with Crippen LogP contribution in [0.3, 0.4) is 0 Å². The Kier molecular flexibility index (Phi) is 3.83. The highest BCUT2D eigenvalue weighted by molar-refractivity contribution is 5.86. The lowest BCUT2D eigenvalue weighted by Crippen LogP contribution is -2.03. The van der Waals surface area contributed by atoms with Crippen LogP contribution in [0.2, 0.25) is 0 Å². The van der Waals surface area contributed by atoms with Crippen LogP contribution in [0.4, 0.5) is 0 Å². The maximum Gasteiger partial charge on any atom is 0.328 e. The Bertz CT molecular complexity index is 446. The Morgan fingerprint density at radius 2 is 2.06 bits per heavy atom. The zero-order chi connectivity index (χ0) is 12.1. The standard InChI is InChI=1S/C12H12O4/c1-8-3-4-10(5-6-12(14)15)11(7-8)16-9(2)13/h3-7H,1-2H3,(H,14,15)/b6-5-. The second-order valence-corrected chi connectivity index (χ2v) is 3.31. The largest absolute Gasteiger partial charge is 0.478 e. The zero-order valence-electron chi connectivity index (χ0n) is 9.06. The number of ether oxygens (including phenoxy) is 1. The molecule has 0 heterocycles. The summed E-state index contributed by atoms with van der Waals surface area (Å²) in [6, 6.07) is 5.20. The summed E-state index contributed by atoms with van der Waals surface area (Å²) in [6.07, 6.45) is 2.39. The van der Waals surface area contributed by atoms with Crippen LogP contribution in [0.1, 0.15) is 18.1 Å². The topological polar surface area (TPSA) is 63.6 Å². The molecule has 1 rings (SSSR count). The van der Waals surface area contributed by atoms with Gasteiger partial charge in [0, 0.05) is 18.6 Å². The van der Waals surface area contributed by atoms with Crippen LogP contribution in [-0.2, 0) is 9.59 Å². The highest BCUT2D eigenvalue weighted by Crippen LogP contribution is 2.21. The molecule has 4 heteroatoms. The molecule has 84 valence electrons. The molecule has 0 saturated carbocycles. The van der Waals surface area contributed by atoms with Gasteiger partial charge in [0.25, 0.3) is 0 Å². The van der Waals surface area contributed by atoms with Crippen LogP contribution in [0.15, 0.2) is 24.3 Å². The van der Waals surface area contributed by atoms with Gasteiger partial charge in [0.15, 0.2) is 0 Å². The highest BCUT2D eigenvalue weighted by atomic mass is 16.5. The van der Waals surface area contributed by atoms with Gasteiger partial charge in [-0.25, -0.2) is 4.79 Å². The number of hydrogen-bond acceptors (Lipinski definition) is 3. The number of hydrogen-bond donors (Lipinski definition) is 1. The molecule has 1 aromatic rings. The molecule has 0 aromatic heterocycles. The summed E-state index contributed by atoms with van der Waals surface area (Å²) in [4.78, 5) is 21.2. The van der Waals surface area contributed by atoms with Gasteiger partial charge in [0.05, 0.1) is 0 Å². The molecule has 0 radical (unpaired) electrons. The van der Waals surface area contributed by atoms with Crippen molar-refractivity contribution < 1.29 is 19.4 Å². The first-order valence-corrected chi connectivity index (χ1v) is 4.69. The minimum Gasteiger partial charge on any atom is -0.478 e. The molecule has 0 spiro atoms. The number of rotatable bonds is 3. The Labute approximate surface area is 93.2 Å². The van der Waals surface area contributed by atoms with E-state index in [0.29, 0.717) is 11.3 Å². The van der Waals surface area contributed by atoms with E-state index in [0.717, 1.165) is 11.6 Å². The van der Waals surface area contributed by atoms with Gasteiger partial charge in [0.2, 0.25) is 0 Å². The van der Waals surface area contributed by atoms with Crippen molar-refractivity contribution in [3.8, 4) is 5.75 Å². The molecule has 0 atom stereocenters. The van der Waals surface area contributed by atoms with Gasteiger partial charge in [-0.05, 0) is 24.6 Å². The molecule has 0 fully saturated rings.